The molecule has 0 amide bonds. The van der Waals surface area contributed by atoms with E-state index in [1.54, 1.807) is 12.1 Å². The van der Waals surface area contributed by atoms with Crippen molar-refractivity contribution in [2.24, 2.45) is 0 Å². The second kappa shape index (κ2) is 22.4. The molecule has 0 unspecified atom stereocenters. The van der Waals surface area contributed by atoms with Gasteiger partial charge in [-0.1, -0.05) is 121 Å². The molecule has 0 aliphatic rings. The lowest BCUT2D eigenvalue weighted by molar-refractivity contribution is -0.0502. The summed E-state index contributed by atoms with van der Waals surface area (Å²) in [5.41, 5.74) is 1.33. The van der Waals surface area contributed by atoms with Crippen molar-refractivity contribution in [3.63, 3.8) is 0 Å². The summed E-state index contributed by atoms with van der Waals surface area (Å²) in [5.74, 6) is 0. The van der Waals surface area contributed by atoms with Gasteiger partial charge in [-0.25, -0.2) is 0 Å². The Balaban J connectivity index is 1.88. The molecular weight excluding hydrogens is 446 g/mol. The highest BCUT2D eigenvalue weighted by Crippen LogP contribution is 2.18. The van der Waals surface area contributed by atoms with Gasteiger partial charge in [0.05, 0.1) is 30.4 Å². The Kier molecular flexibility index (Phi) is 20.3. The van der Waals surface area contributed by atoms with Crippen molar-refractivity contribution in [3.05, 3.63) is 34.3 Å². The Morgan fingerprint density at radius 2 is 1.38 bits per heavy atom. The molecule has 0 saturated heterocycles. The maximum atomic E-state index is 9.51. The fourth-order valence-corrected chi connectivity index (χ4v) is 4.32. The SMILES string of the molecule is CCCCCCCCCCCCCCCCCCOC[C@H](CO)OCc1ccc(C#N)c(Cl)c1. The standard InChI is InChI=1S/C29H48ClNO3/c1-2-3-4-5-6-7-8-9-10-11-12-13-14-15-16-17-20-33-25-28(23-32)34-24-26-18-19-27(22-31)29(30)21-26/h18-19,21,28,32H,2-17,20,23-25H2,1H3/t28-/m0/s1. The first-order chi connectivity index (χ1) is 16.7. The fourth-order valence-electron chi connectivity index (χ4n) is 4.07. The van der Waals surface area contributed by atoms with Crippen LogP contribution < -0.4 is 0 Å². The van der Waals surface area contributed by atoms with Crippen LogP contribution in [0.4, 0.5) is 0 Å². The molecule has 1 atom stereocenters. The summed E-state index contributed by atoms with van der Waals surface area (Å²) in [6.07, 6.45) is 21.4. The normalized spacial score (nSPS) is 12.1. The third-order valence-electron chi connectivity index (χ3n) is 6.29. The number of nitrogens with zero attached hydrogens (tertiary/aromatic N) is 1. The van der Waals surface area contributed by atoms with Crippen LogP contribution in [0.2, 0.25) is 5.02 Å². The molecule has 0 aliphatic carbocycles. The summed E-state index contributed by atoms with van der Waals surface area (Å²) in [6.45, 7) is 3.63. The summed E-state index contributed by atoms with van der Waals surface area (Å²) in [6, 6.07) is 7.27. The van der Waals surface area contributed by atoms with Gasteiger partial charge in [-0.3, -0.25) is 0 Å². The van der Waals surface area contributed by atoms with Crippen molar-refractivity contribution in [2.75, 3.05) is 19.8 Å². The van der Waals surface area contributed by atoms with Crippen LogP contribution >= 0.6 is 11.6 Å². The van der Waals surface area contributed by atoms with Gasteiger partial charge in [0, 0.05) is 6.61 Å². The molecule has 0 aromatic heterocycles. The van der Waals surface area contributed by atoms with Gasteiger partial charge in [-0.05, 0) is 24.1 Å². The van der Waals surface area contributed by atoms with Gasteiger partial charge in [0.25, 0.3) is 0 Å². The highest BCUT2D eigenvalue weighted by molar-refractivity contribution is 6.31. The van der Waals surface area contributed by atoms with Gasteiger partial charge in [0.15, 0.2) is 0 Å². The van der Waals surface area contributed by atoms with Crippen LogP contribution in [0.25, 0.3) is 0 Å². The number of nitriles is 1. The second-order valence-electron chi connectivity index (χ2n) is 9.42. The number of aliphatic hydroxyl groups is 1. The molecule has 34 heavy (non-hydrogen) atoms. The number of unbranched alkanes of at least 4 members (excludes halogenated alkanes) is 15. The van der Waals surface area contributed by atoms with Gasteiger partial charge in [0.2, 0.25) is 0 Å². The van der Waals surface area contributed by atoms with E-state index in [2.05, 4.69) is 6.92 Å². The summed E-state index contributed by atoms with van der Waals surface area (Å²) in [5, 5.41) is 18.9. The quantitative estimate of drug-likeness (QED) is 0.155. The summed E-state index contributed by atoms with van der Waals surface area (Å²) in [7, 11) is 0. The number of rotatable bonds is 23. The molecule has 0 aliphatic heterocycles. The van der Waals surface area contributed by atoms with Crippen LogP contribution in [0.5, 0.6) is 0 Å². The molecule has 0 saturated carbocycles. The summed E-state index contributed by atoms with van der Waals surface area (Å²) in [4.78, 5) is 0. The van der Waals surface area contributed by atoms with Crippen molar-refractivity contribution in [2.45, 2.75) is 122 Å². The molecule has 1 aromatic rings. The molecule has 0 radical (unpaired) electrons. The molecule has 194 valence electrons. The van der Waals surface area contributed by atoms with E-state index in [0.717, 1.165) is 12.0 Å². The van der Waals surface area contributed by atoms with Crippen LogP contribution in [0.15, 0.2) is 18.2 Å². The van der Waals surface area contributed by atoms with Crippen molar-refractivity contribution in [1.82, 2.24) is 0 Å². The number of hydrogen-bond acceptors (Lipinski definition) is 4. The van der Waals surface area contributed by atoms with Gasteiger partial charge >= 0.3 is 0 Å². The van der Waals surface area contributed by atoms with Gasteiger partial charge in [-0.2, -0.15) is 5.26 Å². The Bertz CT molecular complexity index is 647. The van der Waals surface area contributed by atoms with E-state index < -0.39 is 0 Å². The molecule has 1 N–H and O–H groups in total. The highest BCUT2D eigenvalue weighted by atomic mass is 35.5. The fraction of sp³-hybridized carbons (Fsp3) is 0.759. The monoisotopic (exact) mass is 493 g/mol. The first-order valence-corrected chi connectivity index (χ1v) is 14.1. The highest BCUT2D eigenvalue weighted by Gasteiger charge is 2.09. The van der Waals surface area contributed by atoms with Crippen LogP contribution in [-0.2, 0) is 16.1 Å². The topological polar surface area (TPSA) is 62.5 Å². The van der Waals surface area contributed by atoms with Crippen molar-refractivity contribution in [3.8, 4) is 6.07 Å². The van der Waals surface area contributed by atoms with Crippen molar-refractivity contribution in [1.29, 1.82) is 5.26 Å². The summed E-state index contributed by atoms with van der Waals surface area (Å²) >= 11 is 6.05. The average Bonchev–Trinajstić information content (AvgIpc) is 2.85. The van der Waals surface area contributed by atoms with Gasteiger partial charge < -0.3 is 14.6 Å². The zero-order valence-electron chi connectivity index (χ0n) is 21.5. The number of hydrogen-bond donors (Lipinski definition) is 1. The Morgan fingerprint density at radius 3 is 1.85 bits per heavy atom. The summed E-state index contributed by atoms with van der Waals surface area (Å²) < 4.78 is 11.4. The molecule has 0 bridgehead atoms. The van der Waals surface area contributed by atoms with Gasteiger partial charge in [-0.15, -0.1) is 0 Å². The average molecular weight is 494 g/mol. The number of benzene rings is 1. The lowest BCUT2D eigenvalue weighted by Crippen LogP contribution is -2.24. The molecule has 0 spiro atoms. The zero-order chi connectivity index (χ0) is 24.7. The van der Waals surface area contributed by atoms with E-state index in [0.29, 0.717) is 30.4 Å². The third-order valence-corrected chi connectivity index (χ3v) is 6.60. The van der Waals surface area contributed by atoms with E-state index in [-0.39, 0.29) is 12.7 Å². The minimum Gasteiger partial charge on any atom is -0.394 e. The minimum absolute atomic E-state index is 0.0804. The molecule has 5 heteroatoms. The Labute approximate surface area is 214 Å². The first kappa shape index (κ1) is 30.9. The van der Waals surface area contributed by atoms with Crippen LogP contribution in [0.3, 0.4) is 0 Å². The maximum absolute atomic E-state index is 9.51. The van der Waals surface area contributed by atoms with Crippen LogP contribution in [-0.4, -0.2) is 31.0 Å². The lowest BCUT2D eigenvalue weighted by atomic mass is 10.0. The molecule has 0 heterocycles. The predicted molar refractivity (Wildman–Crippen MR) is 142 cm³/mol. The van der Waals surface area contributed by atoms with E-state index >= 15 is 0 Å². The second-order valence-corrected chi connectivity index (χ2v) is 9.83. The molecule has 0 fully saturated rings. The molecule has 4 nitrogen and oxygen atoms in total. The van der Waals surface area contributed by atoms with Gasteiger partial charge in [0.1, 0.15) is 12.2 Å². The zero-order valence-corrected chi connectivity index (χ0v) is 22.3. The Morgan fingerprint density at radius 1 is 0.853 bits per heavy atom. The van der Waals surface area contributed by atoms with Crippen LogP contribution in [0, 0.1) is 11.3 Å². The van der Waals surface area contributed by atoms with Crippen LogP contribution in [0.1, 0.15) is 121 Å². The number of halogens is 1. The molecule has 1 rings (SSSR count). The minimum atomic E-state index is -0.351. The van der Waals surface area contributed by atoms with E-state index in [1.165, 1.54) is 96.3 Å². The first-order valence-electron chi connectivity index (χ1n) is 13.7. The lowest BCUT2D eigenvalue weighted by Gasteiger charge is -2.16. The molecular formula is C29H48ClNO3. The maximum Gasteiger partial charge on any atom is 0.104 e. The van der Waals surface area contributed by atoms with E-state index in [1.807, 2.05) is 12.1 Å². The predicted octanol–water partition coefficient (Wildman–Crippen LogP) is 8.37. The smallest absolute Gasteiger partial charge is 0.104 e. The number of ether oxygens (including phenoxy) is 2. The largest absolute Gasteiger partial charge is 0.394 e. The van der Waals surface area contributed by atoms with Crippen molar-refractivity contribution >= 4 is 11.6 Å². The van der Waals surface area contributed by atoms with Crippen molar-refractivity contribution < 1.29 is 14.6 Å². The Hall–Kier alpha value is -1.12. The van der Waals surface area contributed by atoms with E-state index in [4.69, 9.17) is 26.3 Å². The van der Waals surface area contributed by atoms with E-state index in [9.17, 15) is 5.11 Å². The third kappa shape index (κ3) is 16.5. The molecule has 1 aromatic carbocycles. The number of aliphatic hydroxyl groups excluding tert-OH is 1.